The van der Waals surface area contributed by atoms with Gasteiger partial charge in [0.05, 0.1) is 20.3 Å². The van der Waals surface area contributed by atoms with Crippen molar-refractivity contribution >= 4 is 6.41 Å². The molecule has 4 heteroatoms. The van der Waals surface area contributed by atoms with Gasteiger partial charge in [-0.1, -0.05) is 6.07 Å². The molecule has 1 rings (SSSR count). The summed E-state index contributed by atoms with van der Waals surface area (Å²) < 4.78 is 10.3. The first-order valence-electron chi connectivity index (χ1n) is 4.64. The topological polar surface area (TPSA) is 47.6 Å². The van der Waals surface area contributed by atoms with Crippen molar-refractivity contribution in [2.24, 2.45) is 0 Å². The van der Waals surface area contributed by atoms with E-state index in [1.165, 1.54) is 0 Å². The fourth-order valence-electron chi connectivity index (χ4n) is 1.32. The third kappa shape index (κ3) is 2.62. The second kappa shape index (κ2) is 5.24. The van der Waals surface area contributed by atoms with Gasteiger partial charge >= 0.3 is 0 Å². The molecule has 0 aliphatic carbocycles. The highest BCUT2D eigenvalue weighted by atomic mass is 16.5. The van der Waals surface area contributed by atoms with Gasteiger partial charge < -0.3 is 14.8 Å². The summed E-state index contributed by atoms with van der Waals surface area (Å²) in [6.07, 6.45) is 0.682. The van der Waals surface area contributed by atoms with Gasteiger partial charge in [0.25, 0.3) is 0 Å². The number of nitrogens with one attached hydrogen (secondary N) is 1. The maximum Gasteiger partial charge on any atom is 0.207 e. The Balaban J connectivity index is 2.96. The molecule has 82 valence electrons. The predicted molar refractivity (Wildman–Crippen MR) is 57.2 cm³/mol. The van der Waals surface area contributed by atoms with Gasteiger partial charge in [-0.15, -0.1) is 0 Å². The summed E-state index contributed by atoms with van der Waals surface area (Å²) >= 11 is 0. The van der Waals surface area contributed by atoms with Gasteiger partial charge in [0, 0.05) is 0 Å². The van der Waals surface area contributed by atoms with Crippen LogP contribution in [-0.4, -0.2) is 20.6 Å². The van der Waals surface area contributed by atoms with E-state index in [0.717, 1.165) is 5.56 Å². The molecule has 0 aliphatic rings. The molecular formula is C11H15NO3. The van der Waals surface area contributed by atoms with E-state index >= 15 is 0 Å². The van der Waals surface area contributed by atoms with Gasteiger partial charge in [-0.25, -0.2) is 0 Å². The number of amides is 1. The van der Waals surface area contributed by atoms with Crippen molar-refractivity contribution in [3.8, 4) is 11.5 Å². The van der Waals surface area contributed by atoms with Crippen LogP contribution in [0, 0.1) is 0 Å². The van der Waals surface area contributed by atoms with Gasteiger partial charge in [0.1, 0.15) is 0 Å². The van der Waals surface area contributed by atoms with Gasteiger partial charge in [-0.05, 0) is 24.6 Å². The van der Waals surface area contributed by atoms with Crippen molar-refractivity contribution in [1.29, 1.82) is 0 Å². The molecule has 1 atom stereocenters. The van der Waals surface area contributed by atoms with E-state index in [0.29, 0.717) is 17.9 Å². The Labute approximate surface area is 89.2 Å². The molecule has 1 N–H and O–H groups in total. The lowest BCUT2D eigenvalue weighted by molar-refractivity contribution is -0.110. The van der Waals surface area contributed by atoms with Crippen molar-refractivity contribution in [1.82, 2.24) is 5.32 Å². The first-order valence-corrected chi connectivity index (χ1v) is 4.64. The highest BCUT2D eigenvalue weighted by molar-refractivity contribution is 5.49. The minimum atomic E-state index is -0.0395. The molecular weight excluding hydrogens is 194 g/mol. The molecule has 0 aromatic heterocycles. The predicted octanol–water partition coefficient (Wildman–Crippen LogP) is 1.51. The third-order valence-corrected chi connectivity index (χ3v) is 2.23. The molecule has 0 saturated heterocycles. The summed E-state index contributed by atoms with van der Waals surface area (Å²) in [5.74, 6) is 1.34. The molecule has 1 unspecified atom stereocenters. The Morgan fingerprint density at radius 2 is 1.93 bits per heavy atom. The Bertz CT molecular complexity index is 339. The Kier molecular flexibility index (Phi) is 3.97. The van der Waals surface area contributed by atoms with Gasteiger partial charge in [-0.2, -0.15) is 0 Å². The number of benzene rings is 1. The molecule has 0 heterocycles. The highest BCUT2D eigenvalue weighted by Gasteiger charge is 2.08. The summed E-state index contributed by atoms with van der Waals surface area (Å²) in [4.78, 5) is 10.3. The van der Waals surface area contributed by atoms with E-state index < -0.39 is 0 Å². The summed E-state index contributed by atoms with van der Waals surface area (Å²) in [5.41, 5.74) is 0.972. The summed E-state index contributed by atoms with van der Waals surface area (Å²) in [5, 5.41) is 2.67. The SMILES string of the molecule is COc1ccc(C(C)NC=O)cc1OC. The zero-order valence-corrected chi connectivity index (χ0v) is 9.11. The molecule has 1 aromatic carbocycles. The molecule has 0 radical (unpaired) electrons. The van der Waals surface area contributed by atoms with Crippen LogP contribution in [-0.2, 0) is 4.79 Å². The maximum absolute atomic E-state index is 10.3. The molecule has 0 bridgehead atoms. The zero-order chi connectivity index (χ0) is 11.3. The fourth-order valence-corrected chi connectivity index (χ4v) is 1.32. The number of carbonyl (C=O) groups is 1. The standard InChI is InChI=1S/C11H15NO3/c1-8(12-7-13)9-4-5-10(14-2)11(6-9)15-3/h4-8H,1-3H3,(H,12,13). The van der Waals surface area contributed by atoms with Gasteiger partial charge in [0.15, 0.2) is 11.5 Å². The van der Waals surface area contributed by atoms with E-state index in [1.807, 2.05) is 25.1 Å². The number of methoxy groups -OCH3 is 2. The second-order valence-corrected chi connectivity index (χ2v) is 3.12. The van der Waals surface area contributed by atoms with E-state index in [9.17, 15) is 4.79 Å². The molecule has 0 spiro atoms. The van der Waals surface area contributed by atoms with Crippen LogP contribution >= 0.6 is 0 Å². The monoisotopic (exact) mass is 209 g/mol. The van der Waals surface area contributed by atoms with Crippen LogP contribution in [0.5, 0.6) is 11.5 Å². The van der Waals surface area contributed by atoms with Crippen LogP contribution < -0.4 is 14.8 Å². The van der Waals surface area contributed by atoms with Gasteiger partial charge in [0.2, 0.25) is 6.41 Å². The molecule has 4 nitrogen and oxygen atoms in total. The number of rotatable bonds is 5. The first-order chi connectivity index (χ1) is 7.22. The normalized spacial score (nSPS) is 11.7. The van der Waals surface area contributed by atoms with Crippen LogP contribution in [0.2, 0.25) is 0 Å². The van der Waals surface area contributed by atoms with Crippen LogP contribution in [0.1, 0.15) is 18.5 Å². The van der Waals surface area contributed by atoms with Crippen molar-refractivity contribution < 1.29 is 14.3 Å². The lowest BCUT2D eigenvalue weighted by atomic mass is 10.1. The molecule has 0 aliphatic heterocycles. The smallest absolute Gasteiger partial charge is 0.207 e. The second-order valence-electron chi connectivity index (χ2n) is 3.12. The average Bonchev–Trinajstić information content (AvgIpc) is 2.28. The lowest BCUT2D eigenvalue weighted by Gasteiger charge is -2.13. The lowest BCUT2D eigenvalue weighted by Crippen LogP contribution is -2.16. The van der Waals surface area contributed by atoms with Crippen LogP contribution in [0.3, 0.4) is 0 Å². The highest BCUT2D eigenvalue weighted by Crippen LogP contribution is 2.29. The maximum atomic E-state index is 10.3. The zero-order valence-electron chi connectivity index (χ0n) is 9.11. The number of hydrogen-bond donors (Lipinski definition) is 1. The van der Waals surface area contributed by atoms with Gasteiger partial charge in [-0.3, -0.25) is 4.79 Å². The van der Waals surface area contributed by atoms with Crippen LogP contribution in [0.25, 0.3) is 0 Å². The fraction of sp³-hybridized carbons (Fsp3) is 0.364. The number of carbonyl (C=O) groups excluding carboxylic acids is 1. The molecule has 15 heavy (non-hydrogen) atoms. The van der Waals surface area contributed by atoms with E-state index in [-0.39, 0.29) is 6.04 Å². The molecule has 1 aromatic rings. The number of ether oxygens (including phenoxy) is 2. The quantitative estimate of drug-likeness (QED) is 0.748. The van der Waals surface area contributed by atoms with E-state index in [1.54, 1.807) is 14.2 Å². The van der Waals surface area contributed by atoms with Crippen molar-refractivity contribution in [3.63, 3.8) is 0 Å². The first kappa shape index (κ1) is 11.4. The summed E-state index contributed by atoms with van der Waals surface area (Å²) in [6.45, 7) is 1.90. The van der Waals surface area contributed by atoms with Crippen LogP contribution in [0.4, 0.5) is 0 Å². The molecule has 1 amide bonds. The Morgan fingerprint density at radius 1 is 1.27 bits per heavy atom. The largest absolute Gasteiger partial charge is 0.493 e. The minimum absolute atomic E-state index is 0.0395. The van der Waals surface area contributed by atoms with E-state index in [2.05, 4.69) is 5.32 Å². The molecule has 0 saturated carbocycles. The summed E-state index contributed by atoms with van der Waals surface area (Å²) in [6, 6.07) is 5.52. The van der Waals surface area contributed by atoms with Crippen LogP contribution in [0.15, 0.2) is 18.2 Å². The number of hydrogen-bond acceptors (Lipinski definition) is 3. The average molecular weight is 209 g/mol. The van der Waals surface area contributed by atoms with Crippen molar-refractivity contribution in [3.05, 3.63) is 23.8 Å². The van der Waals surface area contributed by atoms with E-state index in [4.69, 9.17) is 9.47 Å². The molecule has 0 fully saturated rings. The Hall–Kier alpha value is -1.71. The van der Waals surface area contributed by atoms with Crippen molar-refractivity contribution in [2.45, 2.75) is 13.0 Å². The Morgan fingerprint density at radius 3 is 2.47 bits per heavy atom. The minimum Gasteiger partial charge on any atom is -0.493 e. The van der Waals surface area contributed by atoms with Crippen molar-refractivity contribution in [2.75, 3.05) is 14.2 Å². The third-order valence-electron chi connectivity index (χ3n) is 2.23. The summed E-state index contributed by atoms with van der Waals surface area (Å²) in [7, 11) is 3.17.